The lowest BCUT2D eigenvalue weighted by molar-refractivity contribution is 0.101. The van der Waals surface area contributed by atoms with Crippen molar-refractivity contribution in [2.24, 2.45) is 0 Å². The fraction of sp³-hybridized carbons (Fsp3) is 0.0526. The van der Waals surface area contributed by atoms with Gasteiger partial charge in [-0.2, -0.15) is 9.67 Å². The summed E-state index contributed by atoms with van der Waals surface area (Å²) in [5, 5.41) is 7.07. The molecule has 2 aromatic heterocycles. The first-order valence-electron chi connectivity index (χ1n) is 8.25. The zero-order valence-corrected chi connectivity index (χ0v) is 14.5. The summed E-state index contributed by atoms with van der Waals surface area (Å²) in [6.07, 6.45) is 0. The summed E-state index contributed by atoms with van der Waals surface area (Å²) < 4.78 is 2.57. The third-order valence-corrected chi connectivity index (χ3v) is 4.03. The SMILES string of the molecule is Cc1ccc(-n2nc(C(=O)Nc3ccccc3)n3c(=O)cc(N)nc23)cc1. The Labute approximate surface area is 153 Å². The molecule has 0 atom stereocenters. The molecule has 0 spiro atoms. The molecule has 0 unspecified atom stereocenters. The molecule has 0 radical (unpaired) electrons. The Bertz CT molecular complexity index is 1190. The van der Waals surface area contributed by atoms with Crippen LogP contribution in [0.5, 0.6) is 0 Å². The number of benzene rings is 2. The van der Waals surface area contributed by atoms with Gasteiger partial charge in [-0.3, -0.25) is 9.59 Å². The lowest BCUT2D eigenvalue weighted by atomic mass is 10.2. The number of amides is 1. The second-order valence-electron chi connectivity index (χ2n) is 6.05. The number of hydrogen-bond acceptors (Lipinski definition) is 5. The van der Waals surface area contributed by atoms with E-state index in [1.54, 1.807) is 24.3 Å². The van der Waals surface area contributed by atoms with Gasteiger partial charge >= 0.3 is 0 Å². The van der Waals surface area contributed by atoms with Crippen LogP contribution in [0, 0.1) is 6.92 Å². The van der Waals surface area contributed by atoms with E-state index in [1.807, 2.05) is 37.3 Å². The van der Waals surface area contributed by atoms with Crippen molar-refractivity contribution < 1.29 is 4.79 Å². The summed E-state index contributed by atoms with van der Waals surface area (Å²) in [5.41, 5.74) is 7.59. The standard InChI is InChI=1S/C19H16N6O2/c1-12-7-9-14(10-8-12)25-19-22-15(20)11-16(26)24(19)17(23-25)18(27)21-13-5-3-2-4-6-13/h2-11H,20H2,1H3,(H,21,27). The Balaban J connectivity index is 1.89. The molecule has 0 fully saturated rings. The van der Waals surface area contributed by atoms with Crippen LogP contribution in [-0.4, -0.2) is 25.1 Å². The number of nitrogens with two attached hydrogens (primary N) is 1. The van der Waals surface area contributed by atoms with Gasteiger partial charge in [-0.15, -0.1) is 5.10 Å². The third-order valence-electron chi connectivity index (χ3n) is 4.03. The van der Waals surface area contributed by atoms with Crippen molar-refractivity contribution in [3.8, 4) is 5.69 Å². The predicted molar refractivity (Wildman–Crippen MR) is 102 cm³/mol. The van der Waals surface area contributed by atoms with Gasteiger partial charge < -0.3 is 11.1 Å². The molecule has 0 aliphatic heterocycles. The first kappa shape index (κ1) is 16.5. The van der Waals surface area contributed by atoms with Gasteiger partial charge in [-0.05, 0) is 31.2 Å². The van der Waals surface area contributed by atoms with Gasteiger partial charge in [0.1, 0.15) is 5.82 Å². The monoisotopic (exact) mass is 360 g/mol. The Morgan fingerprint density at radius 2 is 1.78 bits per heavy atom. The molecule has 134 valence electrons. The first-order chi connectivity index (χ1) is 13.0. The third kappa shape index (κ3) is 3.04. The van der Waals surface area contributed by atoms with E-state index >= 15 is 0 Å². The molecule has 0 bridgehead atoms. The summed E-state index contributed by atoms with van der Waals surface area (Å²) in [7, 11) is 0. The van der Waals surface area contributed by atoms with Crippen LogP contribution in [0.1, 0.15) is 16.2 Å². The second-order valence-corrected chi connectivity index (χ2v) is 6.05. The fourth-order valence-electron chi connectivity index (χ4n) is 2.73. The number of nitrogen functional groups attached to an aromatic ring is 1. The summed E-state index contributed by atoms with van der Waals surface area (Å²) >= 11 is 0. The molecule has 3 N–H and O–H groups in total. The quantitative estimate of drug-likeness (QED) is 0.581. The lowest BCUT2D eigenvalue weighted by Gasteiger charge is -2.03. The number of nitrogens with one attached hydrogen (secondary N) is 1. The van der Waals surface area contributed by atoms with Gasteiger partial charge in [0, 0.05) is 11.8 Å². The normalized spacial score (nSPS) is 10.9. The van der Waals surface area contributed by atoms with E-state index in [1.165, 1.54) is 4.68 Å². The minimum atomic E-state index is -0.522. The number of anilines is 2. The van der Waals surface area contributed by atoms with E-state index in [-0.39, 0.29) is 17.4 Å². The molecular formula is C19H16N6O2. The molecule has 0 aliphatic rings. The Morgan fingerprint density at radius 3 is 2.48 bits per heavy atom. The summed E-state index contributed by atoms with van der Waals surface area (Å²) in [6.45, 7) is 1.96. The first-order valence-corrected chi connectivity index (χ1v) is 8.25. The number of hydrogen-bond donors (Lipinski definition) is 2. The van der Waals surface area contributed by atoms with Gasteiger partial charge in [0.15, 0.2) is 0 Å². The molecule has 4 rings (SSSR count). The number of fused-ring (bicyclic) bond motifs is 1. The highest BCUT2D eigenvalue weighted by molar-refractivity contribution is 6.02. The molecule has 0 saturated carbocycles. The molecule has 8 nitrogen and oxygen atoms in total. The average Bonchev–Trinajstić information content (AvgIpc) is 3.03. The lowest BCUT2D eigenvalue weighted by Crippen LogP contribution is -2.22. The van der Waals surface area contributed by atoms with Crippen molar-refractivity contribution in [1.29, 1.82) is 0 Å². The number of para-hydroxylation sites is 1. The maximum absolute atomic E-state index is 12.8. The molecule has 1 amide bonds. The van der Waals surface area contributed by atoms with E-state index in [4.69, 9.17) is 5.73 Å². The number of rotatable bonds is 3. The second kappa shape index (κ2) is 6.41. The highest BCUT2D eigenvalue weighted by Crippen LogP contribution is 2.15. The van der Waals surface area contributed by atoms with Gasteiger partial charge in [-0.1, -0.05) is 35.9 Å². The van der Waals surface area contributed by atoms with Crippen molar-refractivity contribution in [2.45, 2.75) is 6.92 Å². The Kier molecular flexibility index (Phi) is 3.92. The molecule has 4 aromatic rings. The van der Waals surface area contributed by atoms with Crippen molar-refractivity contribution in [2.75, 3.05) is 11.1 Å². The van der Waals surface area contributed by atoms with E-state index < -0.39 is 11.5 Å². The van der Waals surface area contributed by atoms with Crippen LogP contribution in [0.4, 0.5) is 11.5 Å². The summed E-state index contributed by atoms with van der Waals surface area (Å²) in [6, 6.07) is 17.6. The molecule has 0 aliphatic carbocycles. The molecule has 2 heterocycles. The topological polar surface area (TPSA) is 107 Å². The minimum Gasteiger partial charge on any atom is -0.383 e. The van der Waals surface area contributed by atoms with Crippen LogP contribution in [-0.2, 0) is 0 Å². The van der Waals surface area contributed by atoms with Gasteiger partial charge in [0.05, 0.1) is 5.69 Å². The van der Waals surface area contributed by atoms with E-state index in [0.29, 0.717) is 11.4 Å². The Hall–Kier alpha value is -3.94. The van der Waals surface area contributed by atoms with Crippen LogP contribution < -0.4 is 16.6 Å². The highest BCUT2D eigenvalue weighted by Gasteiger charge is 2.21. The van der Waals surface area contributed by atoms with Gasteiger partial charge in [0.2, 0.25) is 11.6 Å². The molecular weight excluding hydrogens is 344 g/mol. The van der Waals surface area contributed by atoms with E-state index in [2.05, 4.69) is 15.4 Å². The molecule has 2 aromatic carbocycles. The van der Waals surface area contributed by atoms with Crippen molar-refractivity contribution in [1.82, 2.24) is 19.2 Å². The minimum absolute atomic E-state index is 0.0586. The largest absolute Gasteiger partial charge is 0.383 e. The van der Waals surface area contributed by atoms with Gasteiger partial charge in [0.25, 0.3) is 11.5 Å². The zero-order valence-electron chi connectivity index (χ0n) is 14.5. The maximum atomic E-state index is 12.8. The number of carbonyl (C=O) groups is 1. The van der Waals surface area contributed by atoms with Crippen LogP contribution in [0.15, 0.2) is 65.5 Å². The van der Waals surface area contributed by atoms with Crippen molar-refractivity contribution >= 4 is 23.2 Å². The van der Waals surface area contributed by atoms with Crippen molar-refractivity contribution in [3.63, 3.8) is 0 Å². The molecule has 0 saturated heterocycles. The van der Waals surface area contributed by atoms with Crippen LogP contribution in [0.3, 0.4) is 0 Å². The van der Waals surface area contributed by atoms with Crippen molar-refractivity contribution in [3.05, 3.63) is 82.4 Å². The summed E-state index contributed by atoms with van der Waals surface area (Å²) in [4.78, 5) is 29.5. The van der Waals surface area contributed by atoms with Crippen LogP contribution in [0.2, 0.25) is 0 Å². The smallest absolute Gasteiger partial charge is 0.294 e. The van der Waals surface area contributed by atoms with E-state index in [9.17, 15) is 9.59 Å². The predicted octanol–water partition coefficient (Wildman–Crippen LogP) is 2.02. The molecule has 27 heavy (non-hydrogen) atoms. The highest BCUT2D eigenvalue weighted by atomic mass is 16.2. The zero-order chi connectivity index (χ0) is 19.0. The molecule has 8 heteroatoms. The van der Waals surface area contributed by atoms with Crippen LogP contribution >= 0.6 is 0 Å². The average molecular weight is 360 g/mol. The van der Waals surface area contributed by atoms with E-state index in [0.717, 1.165) is 16.0 Å². The number of aromatic nitrogens is 4. The van der Waals surface area contributed by atoms with Crippen LogP contribution in [0.25, 0.3) is 11.5 Å². The summed E-state index contributed by atoms with van der Waals surface area (Å²) in [5.74, 6) is -0.372. The Morgan fingerprint density at radius 1 is 1.07 bits per heavy atom. The van der Waals surface area contributed by atoms with Gasteiger partial charge in [-0.25, -0.2) is 4.40 Å². The number of nitrogens with zero attached hydrogens (tertiary/aromatic N) is 4. The number of carbonyl (C=O) groups excluding carboxylic acids is 1. The fourth-order valence-corrected chi connectivity index (χ4v) is 2.73. The number of aryl methyl sites for hydroxylation is 1. The maximum Gasteiger partial charge on any atom is 0.294 e.